The first-order valence-electron chi connectivity index (χ1n) is 9.94. The second kappa shape index (κ2) is 9.18. The van der Waals surface area contributed by atoms with E-state index < -0.39 is 11.6 Å². The van der Waals surface area contributed by atoms with Gasteiger partial charge in [-0.1, -0.05) is 48.9 Å². The number of benzene rings is 2. The summed E-state index contributed by atoms with van der Waals surface area (Å²) in [6.07, 6.45) is 2.77. The number of aromatic nitrogens is 1. The van der Waals surface area contributed by atoms with Crippen molar-refractivity contribution >= 4 is 28.5 Å². The highest BCUT2D eigenvalue weighted by atomic mass is 35.5. The summed E-state index contributed by atoms with van der Waals surface area (Å²) in [6, 6.07) is 14.4. The van der Waals surface area contributed by atoms with Crippen molar-refractivity contribution in [1.29, 1.82) is 0 Å². The summed E-state index contributed by atoms with van der Waals surface area (Å²) in [5.74, 6) is 0.687. The molecule has 0 aliphatic rings. The maximum Gasteiger partial charge on any atom is 0.336 e. The van der Waals surface area contributed by atoms with Crippen molar-refractivity contribution in [1.82, 2.24) is 4.98 Å². The van der Waals surface area contributed by atoms with Crippen molar-refractivity contribution < 1.29 is 18.4 Å². The predicted octanol–water partition coefficient (Wildman–Crippen LogP) is 5.34. The van der Waals surface area contributed by atoms with Gasteiger partial charge in [0.15, 0.2) is 11.7 Å². The lowest BCUT2D eigenvalue weighted by Crippen LogP contribution is -2.08. The van der Waals surface area contributed by atoms with E-state index in [4.69, 9.17) is 25.2 Å². The Morgan fingerprint density at radius 1 is 1.10 bits per heavy atom. The molecular weight excluding hydrogens is 418 g/mol. The van der Waals surface area contributed by atoms with Crippen LogP contribution in [0.15, 0.2) is 68.4 Å². The van der Waals surface area contributed by atoms with Gasteiger partial charge < -0.3 is 13.6 Å². The highest BCUT2D eigenvalue weighted by molar-refractivity contribution is 6.32. The number of halogens is 1. The zero-order chi connectivity index (χ0) is 21.8. The minimum atomic E-state index is -0.504. The van der Waals surface area contributed by atoms with Crippen LogP contribution in [-0.4, -0.2) is 11.0 Å². The van der Waals surface area contributed by atoms with Crippen LogP contribution in [0.4, 0.5) is 0 Å². The molecule has 4 rings (SSSR count). The Morgan fingerprint density at radius 3 is 2.68 bits per heavy atom. The Morgan fingerprint density at radius 2 is 1.90 bits per heavy atom. The van der Waals surface area contributed by atoms with Crippen LogP contribution < -0.4 is 5.63 Å². The Labute approximate surface area is 183 Å². The third-order valence-corrected chi connectivity index (χ3v) is 5.27. The second-order valence-electron chi connectivity index (χ2n) is 7.03. The number of esters is 1. The molecule has 2 aromatic heterocycles. The predicted molar refractivity (Wildman–Crippen MR) is 117 cm³/mol. The van der Waals surface area contributed by atoms with Crippen molar-refractivity contribution in [2.24, 2.45) is 0 Å². The highest BCUT2D eigenvalue weighted by Gasteiger charge is 2.13. The fraction of sp³-hybridized carbons (Fsp3) is 0.208. The molecule has 0 saturated heterocycles. The minimum absolute atomic E-state index is 0.0520. The number of oxazole rings is 1. The number of hydrogen-bond acceptors (Lipinski definition) is 6. The standard InChI is InChI=1S/C24H20ClNO5/c1-2-15-10-20-18(12-19(15)25)17(11-24(28)31-20)14-29-23(27)9-8-22-26-13-21(30-22)16-6-4-3-5-7-16/h3-7,10-13H,2,8-9,14H2,1H3. The van der Waals surface area contributed by atoms with Gasteiger partial charge in [0.2, 0.25) is 0 Å². The summed E-state index contributed by atoms with van der Waals surface area (Å²) < 4.78 is 16.3. The average Bonchev–Trinajstić information content (AvgIpc) is 3.25. The topological polar surface area (TPSA) is 82.5 Å². The van der Waals surface area contributed by atoms with Crippen molar-refractivity contribution in [2.75, 3.05) is 0 Å². The normalized spacial score (nSPS) is 11.0. The number of carbonyl (C=O) groups excluding carboxylic acids is 1. The van der Waals surface area contributed by atoms with Crippen molar-refractivity contribution in [3.05, 3.63) is 87.2 Å². The minimum Gasteiger partial charge on any atom is -0.461 e. The van der Waals surface area contributed by atoms with Gasteiger partial charge in [-0.3, -0.25) is 4.79 Å². The molecule has 0 spiro atoms. The molecule has 0 radical (unpaired) electrons. The van der Waals surface area contributed by atoms with E-state index in [1.165, 1.54) is 6.07 Å². The largest absolute Gasteiger partial charge is 0.461 e. The van der Waals surface area contributed by atoms with E-state index in [1.807, 2.05) is 37.3 Å². The fourth-order valence-electron chi connectivity index (χ4n) is 3.28. The Balaban J connectivity index is 1.40. The number of rotatable bonds is 7. The number of hydrogen-bond donors (Lipinski definition) is 0. The molecule has 0 unspecified atom stereocenters. The van der Waals surface area contributed by atoms with E-state index in [0.717, 1.165) is 11.1 Å². The summed E-state index contributed by atoms with van der Waals surface area (Å²) in [6.45, 7) is 1.91. The molecule has 0 fully saturated rings. The number of fused-ring (bicyclic) bond motifs is 1. The Hall–Kier alpha value is -3.38. The van der Waals surface area contributed by atoms with E-state index in [1.54, 1.807) is 18.3 Å². The van der Waals surface area contributed by atoms with Gasteiger partial charge in [-0.05, 0) is 24.1 Å². The van der Waals surface area contributed by atoms with Crippen molar-refractivity contribution in [3.63, 3.8) is 0 Å². The van der Waals surface area contributed by atoms with Gasteiger partial charge in [0.1, 0.15) is 12.2 Å². The lowest BCUT2D eigenvalue weighted by Gasteiger charge is -2.09. The zero-order valence-corrected chi connectivity index (χ0v) is 17.6. The molecule has 4 aromatic rings. The van der Waals surface area contributed by atoms with Gasteiger partial charge in [-0.2, -0.15) is 0 Å². The molecule has 158 valence electrons. The van der Waals surface area contributed by atoms with E-state index in [9.17, 15) is 9.59 Å². The summed E-state index contributed by atoms with van der Waals surface area (Å²) in [4.78, 5) is 28.4. The number of nitrogens with zero attached hydrogens (tertiary/aromatic N) is 1. The van der Waals surface area contributed by atoms with Crippen LogP contribution in [0.1, 0.15) is 30.4 Å². The van der Waals surface area contributed by atoms with E-state index >= 15 is 0 Å². The van der Waals surface area contributed by atoms with Gasteiger partial charge in [0, 0.05) is 34.0 Å². The Bertz CT molecular complexity index is 1280. The number of aryl methyl sites for hydroxylation is 2. The average molecular weight is 438 g/mol. The molecule has 0 bridgehead atoms. The van der Waals surface area contributed by atoms with Gasteiger partial charge in [-0.15, -0.1) is 0 Å². The van der Waals surface area contributed by atoms with Gasteiger partial charge in [0.25, 0.3) is 0 Å². The third kappa shape index (κ3) is 4.86. The maximum atomic E-state index is 12.2. The third-order valence-electron chi connectivity index (χ3n) is 4.92. The summed E-state index contributed by atoms with van der Waals surface area (Å²) in [7, 11) is 0. The molecule has 0 saturated carbocycles. The highest BCUT2D eigenvalue weighted by Crippen LogP contribution is 2.26. The van der Waals surface area contributed by atoms with Crippen molar-refractivity contribution in [2.45, 2.75) is 32.8 Å². The fourth-order valence-corrected chi connectivity index (χ4v) is 3.58. The van der Waals surface area contributed by atoms with Crippen LogP contribution in [-0.2, 0) is 29.0 Å². The van der Waals surface area contributed by atoms with E-state index in [2.05, 4.69) is 4.98 Å². The summed E-state index contributed by atoms with van der Waals surface area (Å²) >= 11 is 6.30. The van der Waals surface area contributed by atoms with Crippen LogP contribution in [0.3, 0.4) is 0 Å². The molecule has 2 aromatic carbocycles. The zero-order valence-electron chi connectivity index (χ0n) is 16.9. The summed E-state index contributed by atoms with van der Waals surface area (Å²) in [5, 5.41) is 1.23. The molecule has 2 heterocycles. The molecule has 0 aliphatic heterocycles. The molecule has 31 heavy (non-hydrogen) atoms. The van der Waals surface area contributed by atoms with Gasteiger partial charge in [0.05, 0.1) is 12.6 Å². The van der Waals surface area contributed by atoms with Crippen LogP contribution in [0.25, 0.3) is 22.3 Å². The van der Waals surface area contributed by atoms with Gasteiger partial charge in [-0.25, -0.2) is 9.78 Å². The first-order valence-corrected chi connectivity index (χ1v) is 10.3. The smallest absolute Gasteiger partial charge is 0.336 e. The lowest BCUT2D eigenvalue weighted by molar-refractivity contribution is -0.144. The lowest BCUT2D eigenvalue weighted by atomic mass is 10.1. The van der Waals surface area contributed by atoms with Crippen LogP contribution >= 0.6 is 11.6 Å². The van der Waals surface area contributed by atoms with Crippen LogP contribution in [0.5, 0.6) is 0 Å². The Kier molecular flexibility index (Phi) is 6.18. The van der Waals surface area contributed by atoms with Gasteiger partial charge >= 0.3 is 11.6 Å². The molecule has 7 heteroatoms. The molecule has 0 aliphatic carbocycles. The maximum absolute atomic E-state index is 12.2. The van der Waals surface area contributed by atoms with Crippen LogP contribution in [0.2, 0.25) is 5.02 Å². The molecular formula is C24H20ClNO5. The number of carbonyl (C=O) groups is 1. The first kappa shape index (κ1) is 20.9. The summed E-state index contributed by atoms with van der Waals surface area (Å²) in [5.41, 5.74) is 2.27. The molecule has 0 N–H and O–H groups in total. The van der Waals surface area contributed by atoms with E-state index in [-0.39, 0.29) is 13.0 Å². The van der Waals surface area contributed by atoms with Crippen molar-refractivity contribution in [3.8, 4) is 11.3 Å². The van der Waals surface area contributed by atoms with E-state index in [0.29, 0.717) is 46.0 Å². The molecule has 6 nitrogen and oxygen atoms in total. The van der Waals surface area contributed by atoms with Crippen LogP contribution in [0, 0.1) is 0 Å². The number of ether oxygens (including phenoxy) is 1. The second-order valence-corrected chi connectivity index (χ2v) is 7.44. The molecule has 0 atom stereocenters. The molecule has 0 amide bonds. The monoisotopic (exact) mass is 437 g/mol. The quantitative estimate of drug-likeness (QED) is 0.286. The first-order chi connectivity index (χ1) is 15.0. The SMILES string of the molecule is CCc1cc2oc(=O)cc(COC(=O)CCc3ncc(-c4ccccc4)o3)c2cc1Cl.